The molecule has 3 N–H and O–H groups in total. The van der Waals surface area contributed by atoms with Crippen LogP contribution >= 0.6 is 0 Å². The summed E-state index contributed by atoms with van der Waals surface area (Å²) in [6.45, 7) is 8.14. The van der Waals surface area contributed by atoms with Crippen molar-refractivity contribution >= 4 is 17.7 Å². The predicted octanol–water partition coefficient (Wildman–Crippen LogP) is 3.77. The monoisotopic (exact) mass is 336 g/mol. The number of para-hydroxylation sites is 1. The highest BCUT2D eigenvalue weighted by atomic mass is 16.6. The molecule has 6 heteroatoms. The average Bonchev–Trinajstić information content (AvgIpc) is 2.46. The highest BCUT2D eigenvalue weighted by molar-refractivity contribution is 5.83. The highest BCUT2D eigenvalue weighted by Gasteiger charge is 2.17. The molecule has 0 bridgehead atoms. The zero-order chi connectivity index (χ0) is 18.2. The van der Waals surface area contributed by atoms with E-state index in [1.165, 1.54) is 0 Å². The van der Waals surface area contributed by atoms with Gasteiger partial charge in [0, 0.05) is 24.7 Å². The second kappa shape index (κ2) is 9.27. The first-order valence-electron chi connectivity index (χ1n) is 8.24. The lowest BCUT2D eigenvalue weighted by Gasteiger charge is -2.21. The van der Waals surface area contributed by atoms with E-state index in [4.69, 9.17) is 9.84 Å². The van der Waals surface area contributed by atoms with Crippen molar-refractivity contribution < 1.29 is 19.4 Å². The number of benzene rings is 1. The summed E-state index contributed by atoms with van der Waals surface area (Å²) in [7, 11) is 0. The number of carbonyl (C=O) groups is 2. The van der Waals surface area contributed by atoms with Crippen LogP contribution in [-0.2, 0) is 16.1 Å². The molecule has 6 nitrogen and oxygen atoms in total. The predicted molar refractivity (Wildman–Crippen MR) is 94.1 cm³/mol. The molecule has 0 saturated carbocycles. The molecule has 1 aromatic rings. The number of ether oxygens (including phenoxy) is 1. The largest absolute Gasteiger partial charge is 0.465 e. The van der Waals surface area contributed by atoms with E-state index >= 15 is 0 Å². The van der Waals surface area contributed by atoms with Gasteiger partial charge in [-0.3, -0.25) is 10.1 Å². The van der Waals surface area contributed by atoms with Gasteiger partial charge in [0.05, 0.1) is 0 Å². The van der Waals surface area contributed by atoms with Crippen molar-refractivity contribution in [3.63, 3.8) is 0 Å². The normalized spacial score (nSPS) is 12.5. The first-order chi connectivity index (χ1) is 11.2. The van der Waals surface area contributed by atoms with Crippen LogP contribution in [0.15, 0.2) is 24.3 Å². The third kappa shape index (κ3) is 7.97. The number of hydrogen-bond acceptors (Lipinski definition) is 4. The lowest BCUT2D eigenvalue weighted by molar-refractivity contribution is -0.155. The van der Waals surface area contributed by atoms with Gasteiger partial charge >= 0.3 is 12.1 Å². The van der Waals surface area contributed by atoms with Crippen molar-refractivity contribution in [3.05, 3.63) is 29.8 Å². The number of esters is 1. The number of carbonyl (C=O) groups excluding carboxylic acids is 1. The van der Waals surface area contributed by atoms with E-state index in [0.717, 1.165) is 12.0 Å². The Morgan fingerprint density at radius 2 is 1.92 bits per heavy atom. The first kappa shape index (κ1) is 20.0. The molecule has 0 aliphatic rings. The van der Waals surface area contributed by atoms with Crippen LogP contribution in [-0.4, -0.2) is 28.8 Å². The first-order valence-corrected chi connectivity index (χ1v) is 8.24. The number of rotatable bonds is 8. The number of carboxylic acid groups (broad SMARTS) is 1. The maximum Gasteiger partial charge on any atom is 0.409 e. The summed E-state index contributed by atoms with van der Waals surface area (Å²) in [6.07, 6.45) is 0.828. The Hall–Kier alpha value is -2.08. The lowest BCUT2D eigenvalue weighted by atomic mass is 10.1. The number of hydrogen-bond donors (Lipinski definition) is 3. The Morgan fingerprint density at radius 3 is 2.50 bits per heavy atom. The molecule has 0 heterocycles. The molecule has 0 spiro atoms. The molecule has 0 aliphatic heterocycles. The van der Waals surface area contributed by atoms with Gasteiger partial charge in [-0.2, -0.15) is 0 Å². The molecular formula is C18H28N2O4. The summed E-state index contributed by atoms with van der Waals surface area (Å²) < 4.78 is 5.32. The van der Waals surface area contributed by atoms with Gasteiger partial charge in [0.15, 0.2) is 0 Å². The molecule has 1 amide bonds. The third-order valence-corrected chi connectivity index (χ3v) is 3.45. The molecule has 134 valence electrons. The summed E-state index contributed by atoms with van der Waals surface area (Å²) in [4.78, 5) is 22.6. The molecule has 0 fully saturated rings. The van der Waals surface area contributed by atoms with Gasteiger partial charge in [0.1, 0.15) is 5.60 Å². The quantitative estimate of drug-likeness (QED) is 0.629. The minimum absolute atomic E-state index is 0.162. The van der Waals surface area contributed by atoms with E-state index in [1.54, 1.807) is 12.1 Å². The SMILES string of the molecule is CCC(CCC(=O)OC(C)(C)C)NCc1ccccc1NC(=O)O. The summed E-state index contributed by atoms with van der Waals surface area (Å²) >= 11 is 0. The lowest BCUT2D eigenvalue weighted by Crippen LogP contribution is -2.30. The van der Waals surface area contributed by atoms with Crippen LogP contribution in [0.3, 0.4) is 0 Å². The van der Waals surface area contributed by atoms with Crippen LogP contribution in [0.2, 0.25) is 0 Å². The van der Waals surface area contributed by atoms with Crippen molar-refractivity contribution in [3.8, 4) is 0 Å². The standard InChI is InChI=1S/C18H28N2O4/c1-5-14(10-11-16(21)24-18(2,3)4)19-12-13-8-6-7-9-15(13)20-17(22)23/h6-9,14,19-20H,5,10-12H2,1-4H3,(H,22,23). The van der Waals surface area contributed by atoms with Gasteiger partial charge in [0.2, 0.25) is 0 Å². The molecule has 0 saturated heterocycles. The van der Waals surface area contributed by atoms with Crippen LogP contribution in [0.25, 0.3) is 0 Å². The second-order valence-electron chi connectivity index (χ2n) is 6.70. The topological polar surface area (TPSA) is 87.7 Å². The molecule has 0 aliphatic carbocycles. The molecule has 1 atom stereocenters. The van der Waals surface area contributed by atoms with Crippen LogP contribution in [0.4, 0.5) is 10.5 Å². The Morgan fingerprint density at radius 1 is 1.25 bits per heavy atom. The zero-order valence-electron chi connectivity index (χ0n) is 14.9. The summed E-state index contributed by atoms with van der Waals surface area (Å²) in [6, 6.07) is 7.42. The van der Waals surface area contributed by atoms with Gasteiger partial charge in [-0.15, -0.1) is 0 Å². The smallest absolute Gasteiger partial charge is 0.409 e. The van der Waals surface area contributed by atoms with Crippen molar-refractivity contribution in [2.75, 3.05) is 5.32 Å². The fraction of sp³-hybridized carbons (Fsp3) is 0.556. The van der Waals surface area contributed by atoms with Gasteiger partial charge in [-0.05, 0) is 45.2 Å². The molecule has 1 aromatic carbocycles. The van der Waals surface area contributed by atoms with Gasteiger partial charge < -0.3 is 15.2 Å². The van der Waals surface area contributed by atoms with Crippen molar-refractivity contribution in [2.24, 2.45) is 0 Å². The Kier molecular flexibility index (Phi) is 7.71. The summed E-state index contributed by atoms with van der Waals surface area (Å²) in [5, 5.41) is 14.6. The minimum Gasteiger partial charge on any atom is -0.465 e. The van der Waals surface area contributed by atoms with Gasteiger partial charge in [-0.25, -0.2) is 4.79 Å². The second-order valence-corrected chi connectivity index (χ2v) is 6.70. The van der Waals surface area contributed by atoms with Gasteiger partial charge in [0.25, 0.3) is 0 Å². The Labute approximate surface area is 143 Å². The maximum absolute atomic E-state index is 11.8. The van der Waals surface area contributed by atoms with Crippen molar-refractivity contribution in [1.82, 2.24) is 5.32 Å². The highest BCUT2D eigenvalue weighted by Crippen LogP contribution is 2.16. The third-order valence-electron chi connectivity index (χ3n) is 3.45. The molecule has 1 rings (SSSR count). The maximum atomic E-state index is 11.8. The van der Waals surface area contributed by atoms with E-state index in [-0.39, 0.29) is 12.0 Å². The fourth-order valence-electron chi connectivity index (χ4n) is 2.30. The van der Waals surface area contributed by atoms with E-state index in [1.807, 2.05) is 39.8 Å². The molecule has 24 heavy (non-hydrogen) atoms. The van der Waals surface area contributed by atoms with Crippen LogP contribution < -0.4 is 10.6 Å². The molecule has 1 unspecified atom stereocenters. The van der Waals surface area contributed by atoms with Crippen LogP contribution in [0, 0.1) is 0 Å². The Bertz CT molecular complexity index is 552. The fourth-order valence-corrected chi connectivity index (χ4v) is 2.30. The summed E-state index contributed by atoms with van der Waals surface area (Å²) in [5.74, 6) is -0.198. The molecule has 0 radical (unpaired) electrons. The average molecular weight is 336 g/mol. The minimum atomic E-state index is -1.08. The van der Waals surface area contributed by atoms with Crippen molar-refractivity contribution in [1.29, 1.82) is 0 Å². The zero-order valence-corrected chi connectivity index (χ0v) is 14.9. The van der Waals surface area contributed by atoms with Gasteiger partial charge in [-0.1, -0.05) is 25.1 Å². The molecular weight excluding hydrogens is 308 g/mol. The number of amides is 1. The van der Waals surface area contributed by atoms with E-state index in [2.05, 4.69) is 10.6 Å². The summed E-state index contributed by atoms with van der Waals surface area (Å²) in [5.41, 5.74) is 0.975. The number of anilines is 1. The molecule has 0 aromatic heterocycles. The van der Waals surface area contributed by atoms with Crippen molar-refractivity contribution in [2.45, 2.75) is 65.1 Å². The van der Waals surface area contributed by atoms with E-state index in [0.29, 0.717) is 25.1 Å². The Balaban J connectivity index is 2.52. The van der Waals surface area contributed by atoms with E-state index < -0.39 is 11.7 Å². The van der Waals surface area contributed by atoms with Crippen LogP contribution in [0.1, 0.15) is 52.5 Å². The number of nitrogens with one attached hydrogen (secondary N) is 2. The van der Waals surface area contributed by atoms with Crippen LogP contribution in [0.5, 0.6) is 0 Å². The van der Waals surface area contributed by atoms with E-state index in [9.17, 15) is 9.59 Å².